The Kier molecular flexibility index (Phi) is 2.52. The monoisotopic (exact) mass is 256 g/mol. The Bertz CT molecular complexity index is 863. The van der Waals surface area contributed by atoms with Crippen molar-refractivity contribution >= 4 is 11.0 Å². The van der Waals surface area contributed by atoms with Crippen LogP contribution in [-0.2, 0) is 0 Å². The van der Waals surface area contributed by atoms with Crippen LogP contribution in [0.15, 0.2) is 58.1 Å². The van der Waals surface area contributed by atoms with E-state index in [4.69, 9.17) is 0 Å². The third-order valence-corrected chi connectivity index (χ3v) is 2.88. The lowest BCUT2D eigenvalue weighted by atomic mass is 10.2. The molecule has 0 amide bonds. The van der Waals surface area contributed by atoms with Gasteiger partial charge in [0, 0.05) is 5.69 Å². The predicted octanol–water partition coefficient (Wildman–Crippen LogP) is 1.82. The van der Waals surface area contributed by atoms with Crippen molar-refractivity contribution in [2.75, 3.05) is 0 Å². The normalized spacial score (nSPS) is 10.8. The number of benzene rings is 2. The molecule has 0 unspecified atom stereocenters. The summed E-state index contributed by atoms with van der Waals surface area (Å²) >= 11 is 0. The number of aromatic amines is 1. The zero-order chi connectivity index (χ0) is 13.4. The SMILES string of the molecule is O=c1[nH]c2ccccc2n(-c2ccc(F)cc2)c1=O. The molecule has 0 saturated heterocycles. The number of H-pyrrole nitrogens is 1. The van der Waals surface area contributed by atoms with Gasteiger partial charge in [-0.15, -0.1) is 0 Å². The van der Waals surface area contributed by atoms with Crippen LogP contribution in [0.3, 0.4) is 0 Å². The predicted molar refractivity (Wildman–Crippen MR) is 70.1 cm³/mol. The first-order chi connectivity index (χ1) is 9.16. The number of hydrogen-bond donors (Lipinski definition) is 1. The molecule has 1 heterocycles. The van der Waals surface area contributed by atoms with Crippen LogP contribution in [0.25, 0.3) is 16.7 Å². The van der Waals surface area contributed by atoms with Gasteiger partial charge >= 0.3 is 11.1 Å². The molecule has 94 valence electrons. The molecule has 5 heteroatoms. The van der Waals surface area contributed by atoms with Crippen LogP contribution in [0.2, 0.25) is 0 Å². The van der Waals surface area contributed by atoms with Gasteiger partial charge in [0.05, 0.1) is 11.0 Å². The maximum atomic E-state index is 12.9. The van der Waals surface area contributed by atoms with Gasteiger partial charge in [0.1, 0.15) is 5.82 Å². The summed E-state index contributed by atoms with van der Waals surface area (Å²) in [5, 5.41) is 0. The zero-order valence-electron chi connectivity index (χ0n) is 9.76. The minimum absolute atomic E-state index is 0.397. The number of nitrogens with zero attached hydrogens (tertiary/aromatic N) is 1. The fourth-order valence-electron chi connectivity index (χ4n) is 2.01. The maximum absolute atomic E-state index is 12.9. The second-order valence-corrected chi connectivity index (χ2v) is 4.09. The van der Waals surface area contributed by atoms with Crippen molar-refractivity contribution in [2.45, 2.75) is 0 Å². The van der Waals surface area contributed by atoms with E-state index in [1.807, 2.05) is 0 Å². The van der Waals surface area contributed by atoms with Crippen LogP contribution in [-0.4, -0.2) is 9.55 Å². The van der Waals surface area contributed by atoms with Gasteiger partial charge in [-0.1, -0.05) is 12.1 Å². The fourth-order valence-corrected chi connectivity index (χ4v) is 2.01. The van der Waals surface area contributed by atoms with Crippen LogP contribution >= 0.6 is 0 Å². The molecule has 2 aromatic carbocycles. The highest BCUT2D eigenvalue weighted by molar-refractivity contribution is 5.76. The Balaban J connectivity index is 2.45. The minimum atomic E-state index is -0.706. The molecule has 19 heavy (non-hydrogen) atoms. The summed E-state index contributed by atoms with van der Waals surface area (Å²) in [6.45, 7) is 0. The van der Waals surface area contributed by atoms with Crippen molar-refractivity contribution in [3.05, 3.63) is 75.1 Å². The van der Waals surface area contributed by atoms with E-state index in [0.29, 0.717) is 16.7 Å². The van der Waals surface area contributed by atoms with E-state index < -0.39 is 16.9 Å². The van der Waals surface area contributed by atoms with Gasteiger partial charge < -0.3 is 4.98 Å². The highest BCUT2D eigenvalue weighted by Crippen LogP contribution is 2.13. The molecule has 0 aliphatic rings. The van der Waals surface area contributed by atoms with Crippen LogP contribution < -0.4 is 11.1 Å². The number of hydrogen-bond acceptors (Lipinski definition) is 2. The van der Waals surface area contributed by atoms with Gasteiger partial charge in [0.25, 0.3) is 0 Å². The van der Waals surface area contributed by atoms with Crippen LogP contribution in [0.1, 0.15) is 0 Å². The topological polar surface area (TPSA) is 54.9 Å². The van der Waals surface area contributed by atoms with Gasteiger partial charge in [-0.05, 0) is 36.4 Å². The molecule has 1 aromatic heterocycles. The van der Waals surface area contributed by atoms with E-state index in [2.05, 4.69) is 4.98 Å². The molecule has 3 rings (SSSR count). The summed E-state index contributed by atoms with van der Waals surface area (Å²) in [5.74, 6) is -0.397. The zero-order valence-corrected chi connectivity index (χ0v) is 9.76. The van der Waals surface area contributed by atoms with Gasteiger partial charge in [0.15, 0.2) is 0 Å². The van der Waals surface area contributed by atoms with Crippen LogP contribution in [0.5, 0.6) is 0 Å². The fraction of sp³-hybridized carbons (Fsp3) is 0. The quantitative estimate of drug-likeness (QED) is 0.675. The van der Waals surface area contributed by atoms with Crippen molar-refractivity contribution in [2.24, 2.45) is 0 Å². The highest BCUT2D eigenvalue weighted by atomic mass is 19.1. The number of fused-ring (bicyclic) bond motifs is 1. The van der Waals surface area contributed by atoms with Gasteiger partial charge in [-0.25, -0.2) is 4.39 Å². The van der Waals surface area contributed by atoms with E-state index >= 15 is 0 Å². The molecule has 0 radical (unpaired) electrons. The first-order valence-electron chi connectivity index (χ1n) is 5.67. The van der Waals surface area contributed by atoms with Crippen molar-refractivity contribution in [1.29, 1.82) is 0 Å². The van der Waals surface area contributed by atoms with Crippen molar-refractivity contribution < 1.29 is 4.39 Å². The van der Waals surface area contributed by atoms with E-state index in [1.165, 1.54) is 28.8 Å². The molecule has 1 N–H and O–H groups in total. The maximum Gasteiger partial charge on any atom is 0.321 e. The second-order valence-electron chi connectivity index (χ2n) is 4.09. The van der Waals surface area contributed by atoms with E-state index in [9.17, 15) is 14.0 Å². The highest BCUT2D eigenvalue weighted by Gasteiger charge is 2.08. The smallest absolute Gasteiger partial charge is 0.316 e. The Labute approximate surface area is 106 Å². The average molecular weight is 256 g/mol. The number of rotatable bonds is 1. The molecule has 0 atom stereocenters. The summed E-state index contributed by atoms with van der Waals surface area (Å²) in [6, 6.07) is 12.4. The van der Waals surface area contributed by atoms with Gasteiger partial charge in [-0.2, -0.15) is 0 Å². The summed E-state index contributed by atoms with van der Waals surface area (Å²) in [5.41, 5.74) is 0.178. The van der Waals surface area contributed by atoms with Gasteiger partial charge in [-0.3, -0.25) is 14.2 Å². The minimum Gasteiger partial charge on any atom is -0.316 e. The lowest BCUT2D eigenvalue weighted by molar-refractivity contribution is 0.627. The summed E-state index contributed by atoms with van der Waals surface area (Å²) in [6.07, 6.45) is 0. The van der Waals surface area contributed by atoms with E-state index in [-0.39, 0.29) is 0 Å². The Morgan fingerprint density at radius 3 is 2.37 bits per heavy atom. The third kappa shape index (κ3) is 1.85. The standard InChI is InChI=1S/C14H9FN2O2/c15-9-5-7-10(8-6-9)17-12-4-2-1-3-11(12)16-13(18)14(17)19/h1-8H,(H,16,18). The molecule has 3 aromatic rings. The van der Waals surface area contributed by atoms with Crippen LogP contribution in [0, 0.1) is 5.82 Å². The molecule has 0 aliphatic heterocycles. The number of halogens is 1. The molecular formula is C14H9FN2O2. The number of para-hydroxylation sites is 2. The lowest BCUT2D eigenvalue weighted by Crippen LogP contribution is -2.35. The Morgan fingerprint density at radius 1 is 0.947 bits per heavy atom. The molecule has 0 fully saturated rings. The molecule has 0 aliphatic carbocycles. The van der Waals surface area contributed by atoms with Crippen molar-refractivity contribution in [1.82, 2.24) is 9.55 Å². The molecule has 4 nitrogen and oxygen atoms in total. The Morgan fingerprint density at radius 2 is 1.63 bits per heavy atom. The molecule has 0 bridgehead atoms. The average Bonchev–Trinajstić information content (AvgIpc) is 2.42. The molecule has 0 saturated carbocycles. The first-order valence-corrected chi connectivity index (χ1v) is 5.67. The summed E-state index contributed by atoms with van der Waals surface area (Å²) in [7, 11) is 0. The van der Waals surface area contributed by atoms with E-state index in [1.54, 1.807) is 24.3 Å². The van der Waals surface area contributed by atoms with Crippen LogP contribution in [0.4, 0.5) is 4.39 Å². The molecule has 0 spiro atoms. The lowest BCUT2D eigenvalue weighted by Gasteiger charge is -2.09. The van der Waals surface area contributed by atoms with Crippen molar-refractivity contribution in [3.63, 3.8) is 0 Å². The van der Waals surface area contributed by atoms with E-state index in [0.717, 1.165) is 0 Å². The Hall–Kier alpha value is -2.69. The second kappa shape index (κ2) is 4.20. The van der Waals surface area contributed by atoms with Gasteiger partial charge in [0.2, 0.25) is 0 Å². The third-order valence-electron chi connectivity index (χ3n) is 2.88. The molecular weight excluding hydrogens is 247 g/mol. The summed E-state index contributed by atoms with van der Waals surface area (Å²) in [4.78, 5) is 26.1. The first kappa shape index (κ1) is 11.4. The summed E-state index contributed by atoms with van der Waals surface area (Å²) < 4.78 is 14.2. The number of aromatic nitrogens is 2. The number of nitrogens with one attached hydrogen (secondary N) is 1. The van der Waals surface area contributed by atoms with Crippen molar-refractivity contribution in [3.8, 4) is 5.69 Å². The largest absolute Gasteiger partial charge is 0.321 e.